The average Bonchev–Trinajstić information content (AvgIpc) is 2.65. The van der Waals surface area contributed by atoms with E-state index in [9.17, 15) is 0 Å². The Morgan fingerprint density at radius 1 is 1.33 bits per heavy atom. The van der Waals surface area contributed by atoms with Crippen LogP contribution in [0.25, 0.3) is 0 Å². The highest BCUT2D eigenvalue weighted by Crippen LogP contribution is 2.26. The molecule has 2 aliphatic heterocycles. The first-order chi connectivity index (χ1) is 7.29. The van der Waals surface area contributed by atoms with E-state index in [1.54, 1.807) is 0 Å². The molecule has 2 heterocycles. The molecular weight excluding hydrogens is 184 g/mol. The van der Waals surface area contributed by atoms with E-state index in [0.717, 1.165) is 18.0 Å². The van der Waals surface area contributed by atoms with Gasteiger partial charge in [-0.1, -0.05) is 13.3 Å². The van der Waals surface area contributed by atoms with Crippen molar-refractivity contribution in [2.75, 3.05) is 19.6 Å². The van der Waals surface area contributed by atoms with Crippen molar-refractivity contribution < 1.29 is 0 Å². The molecule has 0 amide bonds. The fourth-order valence-corrected chi connectivity index (χ4v) is 3.34. The van der Waals surface area contributed by atoms with E-state index in [0.29, 0.717) is 0 Å². The number of hydrogen-bond donors (Lipinski definition) is 1. The molecule has 2 nitrogen and oxygen atoms in total. The van der Waals surface area contributed by atoms with E-state index >= 15 is 0 Å². The van der Waals surface area contributed by atoms with Crippen molar-refractivity contribution in [2.24, 2.45) is 5.92 Å². The zero-order valence-corrected chi connectivity index (χ0v) is 10.3. The van der Waals surface area contributed by atoms with Gasteiger partial charge < -0.3 is 10.2 Å². The SMILES string of the molecule is CCN1CCCCC1CC1CNC(C)C1. The summed E-state index contributed by atoms with van der Waals surface area (Å²) in [6, 6.07) is 1.65. The minimum Gasteiger partial charge on any atom is -0.314 e. The summed E-state index contributed by atoms with van der Waals surface area (Å²) in [5, 5.41) is 3.57. The molecule has 88 valence electrons. The lowest BCUT2D eigenvalue weighted by atomic mass is 9.91. The Hall–Kier alpha value is -0.0800. The smallest absolute Gasteiger partial charge is 0.00982 e. The fraction of sp³-hybridized carbons (Fsp3) is 1.00. The molecule has 2 heteroatoms. The van der Waals surface area contributed by atoms with E-state index in [-0.39, 0.29) is 0 Å². The summed E-state index contributed by atoms with van der Waals surface area (Å²) in [4.78, 5) is 2.70. The Morgan fingerprint density at radius 2 is 2.20 bits per heavy atom. The predicted octanol–water partition coefficient (Wildman–Crippen LogP) is 2.25. The Balaban J connectivity index is 1.81. The molecule has 2 saturated heterocycles. The molecule has 0 spiro atoms. The van der Waals surface area contributed by atoms with Gasteiger partial charge in [-0.25, -0.2) is 0 Å². The van der Waals surface area contributed by atoms with Gasteiger partial charge in [0.15, 0.2) is 0 Å². The monoisotopic (exact) mass is 210 g/mol. The third kappa shape index (κ3) is 2.94. The molecule has 0 radical (unpaired) electrons. The van der Waals surface area contributed by atoms with Gasteiger partial charge in [-0.05, 0) is 58.2 Å². The molecule has 3 atom stereocenters. The molecule has 2 rings (SSSR count). The fourth-order valence-electron chi connectivity index (χ4n) is 3.34. The summed E-state index contributed by atoms with van der Waals surface area (Å²) in [5.41, 5.74) is 0. The lowest BCUT2D eigenvalue weighted by Gasteiger charge is -2.36. The first-order valence-corrected chi connectivity index (χ1v) is 6.77. The van der Waals surface area contributed by atoms with Crippen molar-refractivity contribution in [1.82, 2.24) is 10.2 Å². The maximum atomic E-state index is 3.57. The van der Waals surface area contributed by atoms with Crippen molar-refractivity contribution in [2.45, 2.75) is 58.0 Å². The Morgan fingerprint density at radius 3 is 2.87 bits per heavy atom. The van der Waals surface area contributed by atoms with Gasteiger partial charge in [-0.2, -0.15) is 0 Å². The van der Waals surface area contributed by atoms with Crippen LogP contribution in [-0.4, -0.2) is 36.6 Å². The molecule has 0 bridgehead atoms. The Kier molecular flexibility index (Phi) is 4.04. The molecule has 2 fully saturated rings. The minimum atomic E-state index is 0.758. The van der Waals surface area contributed by atoms with Gasteiger partial charge in [-0.3, -0.25) is 0 Å². The summed E-state index contributed by atoms with van der Waals surface area (Å²) in [6.45, 7) is 8.48. The number of piperidine rings is 1. The van der Waals surface area contributed by atoms with Gasteiger partial charge in [0.05, 0.1) is 0 Å². The van der Waals surface area contributed by atoms with Crippen molar-refractivity contribution in [3.05, 3.63) is 0 Å². The van der Waals surface area contributed by atoms with Gasteiger partial charge in [0.2, 0.25) is 0 Å². The van der Waals surface area contributed by atoms with Crippen LogP contribution >= 0.6 is 0 Å². The highest BCUT2D eigenvalue weighted by atomic mass is 15.2. The van der Waals surface area contributed by atoms with E-state index in [1.165, 1.54) is 51.7 Å². The maximum absolute atomic E-state index is 3.57. The van der Waals surface area contributed by atoms with Gasteiger partial charge >= 0.3 is 0 Å². The second-order valence-corrected chi connectivity index (χ2v) is 5.42. The second-order valence-electron chi connectivity index (χ2n) is 5.42. The summed E-state index contributed by atoms with van der Waals surface area (Å²) in [5.74, 6) is 0.942. The molecule has 15 heavy (non-hydrogen) atoms. The summed E-state index contributed by atoms with van der Waals surface area (Å²) < 4.78 is 0. The molecule has 0 aromatic heterocycles. The largest absolute Gasteiger partial charge is 0.314 e. The summed E-state index contributed by atoms with van der Waals surface area (Å²) in [7, 11) is 0. The minimum absolute atomic E-state index is 0.758. The first kappa shape index (κ1) is 11.4. The van der Waals surface area contributed by atoms with Crippen LogP contribution in [0.4, 0.5) is 0 Å². The van der Waals surface area contributed by atoms with Gasteiger partial charge in [0.25, 0.3) is 0 Å². The van der Waals surface area contributed by atoms with Crippen LogP contribution in [0.5, 0.6) is 0 Å². The van der Waals surface area contributed by atoms with Crippen molar-refractivity contribution in [3.63, 3.8) is 0 Å². The standard InChI is InChI=1S/C13H26N2/c1-3-15-7-5-4-6-13(15)9-12-8-11(2)14-10-12/h11-14H,3-10H2,1-2H3. The van der Waals surface area contributed by atoms with Crippen molar-refractivity contribution in [3.8, 4) is 0 Å². The van der Waals surface area contributed by atoms with Crippen LogP contribution in [-0.2, 0) is 0 Å². The van der Waals surface area contributed by atoms with E-state index in [1.807, 2.05) is 0 Å². The molecule has 2 aliphatic rings. The number of likely N-dealkylation sites (tertiary alicyclic amines) is 1. The van der Waals surface area contributed by atoms with Crippen LogP contribution in [0, 0.1) is 5.92 Å². The lowest BCUT2D eigenvalue weighted by molar-refractivity contribution is 0.134. The highest BCUT2D eigenvalue weighted by Gasteiger charge is 2.27. The van der Waals surface area contributed by atoms with Crippen LogP contribution in [0.15, 0.2) is 0 Å². The van der Waals surface area contributed by atoms with E-state index in [4.69, 9.17) is 0 Å². The third-order valence-corrected chi connectivity index (χ3v) is 4.20. The first-order valence-electron chi connectivity index (χ1n) is 6.77. The van der Waals surface area contributed by atoms with Crippen LogP contribution in [0.1, 0.15) is 46.0 Å². The predicted molar refractivity (Wildman–Crippen MR) is 65.1 cm³/mol. The average molecular weight is 210 g/mol. The maximum Gasteiger partial charge on any atom is 0.00982 e. The summed E-state index contributed by atoms with van der Waals surface area (Å²) >= 11 is 0. The Labute approximate surface area is 94.4 Å². The van der Waals surface area contributed by atoms with Gasteiger partial charge in [-0.15, -0.1) is 0 Å². The van der Waals surface area contributed by atoms with Crippen molar-refractivity contribution >= 4 is 0 Å². The normalized spacial score (nSPS) is 38.4. The second kappa shape index (κ2) is 5.31. The zero-order valence-electron chi connectivity index (χ0n) is 10.3. The lowest BCUT2D eigenvalue weighted by Crippen LogP contribution is -2.40. The molecule has 0 aliphatic carbocycles. The van der Waals surface area contributed by atoms with Gasteiger partial charge in [0, 0.05) is 12.1 Å². The quantitative estimate of drug-likeness (QED) is 0.768. The summed E-state index contributed by atoms with van der Waals surface area (Å²) in [6.07, 6.45) is 7.15. The number of nitrogens with zero attached hydrogens (tertiary/aromatic N) is 1. The molecule has 0 saturated carbocycles. The van der Waals surface area contributed by atoms with Crippen LogP contribution in [0.2, 0.25) is 0 Å². The van der Waals surface area contributed by atoms with Crippen molar-refractivity contribution in [1.29, 1.82) is 0 Å². The molecule has 1 N–H and O–H groups in total. The van der Waals surface area contributed by atoms with Gasteiger partial charge in [0.1, 0.15) is 0 Å². The van der Waals surface area contributed by atoms with E-state index in [2.05, 4.69) is 24.1 Å². The molecule has 3 unspecified atom stereocenters. The zero-order chi connectivity index (χ0) is 10.7. The third-order valence-electron chi connectivity index (χ3n) is 4.20. The van der Waals surface area contributed by atoms with Crippen LogP contribution in [0.3, 0.4) is 0 Å². The number of nitrogens with one attached hydrogen (secondary N) is 1. The number of rotatable bonds is 3. The van der Waals surface area contributed by atoms with E-state index < -0.39 is 0 Å². The Bertz CT molecular complexity index is 193. The number of hydrogen-bond acceptors (Lipinski definition) is 2. The molecular formula is C13H26N2. The highest BCUT2D eigenvalue weighted by molar-refractivity contribution is 4.84. The topological polar surface area (TPSA) is 15.3 Å². The molecule has 0 aromatic carbocycles. The molecule has 0 aromatic rings. The van der Waals surface area contributed by atoms with Crippen LogP contribution < -0.4 is 5.32 Å².